The van der Waals surface area contributed by atoms with E-state index in [1.54, 1.807) is 0 Å². The second kappa shape index (κ2) is 3.36. The number of hydrogen-bond acceptors (Lipinski definition) is 1. The highest BCUT2D eigenvalue weighted by atomic mass is 14.9. The van der Waals surface area contributed by atoms with E-state index in [9.17, 15) is 5.26 Å². The lowest BCUT2D eigenvalue weighted by atomic mass is 10.1. The average molecular weight is 220 g/mol. The van der Waals surface area contributed by atoms with Crippen LogP contribution in [0.15, 0.2) is 36.4 Å². The van der Waals surface area contributed by atoms with Crippen molar-refractivity contribution >= 4 is 21.8 Å². The molecular weight excluding hydrogens is 208 g/mol. The standard InChI is InChI=1S/C15H12N2/c1-10-7-11(9-16)15-13(8-10)12-5-3-4-6-14(12)17(15)2/h3-8H,1-2H3. The Balaban J connectivity index is 2.67. The summed E-state index contributed by atoms with van der Waals surface area (Å²) in [4.78, 5) is 0. The van der Waals surface area contributed by atoms with Crippen LogP contribution < -0.4 is 0 Å². The van der Waals surface area contributed by atoms with Crippen LogP contribution in [0.4, 0.5) is 0 Å². The Bertz CT molecular complexity index is 773. The van der Waals surface area contributed by atoms with Gasteiger partial charge in [-0.2, -0.15) is 5.26 Å². The maximum Gasteiger partial charge on any atom is 0.101 e. The number of nitriles is 1. The molecule has 0 unspecified atom stereocenters. The van der Waals surface area contributed by atoms with Gasteiger partial charge in [0.1, 0.15) is 6.07 Å². The Hall–Kier alpha value is -2.27. The molecular formula is C15H12N2. The lowest BCUT2D eigenvalue weighted by Gasteiger charge is -2.01. The van der Waals surface area contributed by atoms with E-state index in [2.05, 4.69) is 28.8 Å². The van der Waals surface area contributed by atoms with Gasteiger partial charge < -0.3 is 4.57 Å². The molecule has 2 nitrogen and oxygen atoms in total. The van der Waals surface area contributed by atoms with Gasteiger partial charge in [0.05, 0.1) is 11.1 Å². The highest BCUT2D eigenvalue weighted by Crippen LogP contribution is 2.30. The lowest BCUT2D eigenvalue weighted by Crippen LogP contribution is -1.90. The van der Waals surface area contributed by atoms with Crippen molar-refractivity contribution in [3.8, 4) is 6.07 Å². The molecule has 82 valence electrons. The van der Waals surface area contributed by atoms with Gasteiger partial charge in [0.25, 0.3) is 0 Å². The number of rotatable bonds is 0. The van der Waals surface area contributed by atoms with Crippen molar-refractivity contribution in [2.24, 2.45) is 7.05 Å². The van der Waals surface area contributed by atoms with Crippen molar-refractivity contribution in [1.82, 2.24) is 4.57 Å². The van der Waals surface area contributed by atoms with Crippen LogP contribution in [-0.4, -0.2) is 4.57 Å². The molecule has 0 fully saturated rings. The number of aryl methyl sites for hydroxylation is 2. The molecule has 0 aliphatic carbocycles. The molecule has 0 saturated heterocycles. The van der Waals surface area contributed by atoms with Gasteiger partial charge in [0.15, 0.2) is 0 Å². The topological polar surface area (TPSA) is 28.7 Å². The molecule has 0 radical (unpaired) electrons. The van der Waals surface area contributed by atoms with E-state index < -0.39 is 0 Å². The lowest BCUT2D eigenvalue weighted by molar-refractivity contribution is 1.01. The van der Waals surface area contributed by atoms with Crippen molar-refractivity contribution in [3.63, 3.8) is 0 Å². The Kier molecular flexibility index (Phi) is 1.96. The molecule has 0 atom stereocenters. The number of aromatic nitrogens is 1. The van der Waals surface area contributed by atoms with Crippen LogP contribution in [0.2, 0.25) is 0 Å². The minimum atomic E-state index is 0.749. The first-order valence-corrected chi connectivity index (χ1v) is 5.60. The number of hydrogen-bond donors (Lipinski definition) is 0. The Morgan fingerprint density at radius 2 is 1.88 bits per heavy atom. The van der Waals surface area contributed by atoms with Crippen LogP contribution in [0.5, 0.6) is 0 Å². The van der Waals surface area contributed by atoms with Crippen molar-refractivity contribution in [3.05, 3.63) is 47.5 Å². The van der Waals surface area contributed by atoms with Crippen molar-refractivity contribution in [2.75, 3.05) is 0 Å². The first-order chi connectivity index (χ1) is 8.22. The van der Waals surface area contributed by atoms with Crippen LogP contribution in [0.3, 0.4) is 0 Å². The van der Waals surface area contributed by atoms with Gasteiger partial charge in [0, 0.05) is 23.3 Å². The molecule has 2 aromatic carbocycles. The van der Waals surface area contributed by atoms with Crippen LogP contribution >= 0.6 is 0 Å². The fraction of sp³-hybridized carbons (Fsp3) is 0.133. The minimum Gasteiger partial charge on any atom is -0.343 e. The summed E-state index contributed by atoms with van der Waals surface area (Å²) in [5, 5.41) is 11.6. The Morgan fingerprint density at radius 3 is 2.65 bits per heavy atom. The van der Waals surface area contributed by atoms with Gasteiger partial charge in [-0.3, -0.25) is 0 Å². The fourth-order valence-electron chi connectivity index (χ4n) is 2.55. The maximum atomic E-state index is 9.25. The first kappa shape index (κ1) is 9.92. The van der Waals surface area contributed by atoms with Crippen LogP contribution in [0.25, 0.3) is 21.8 Å². The summed E-state index contributed by atoms with van der Waals surface area (Å²) in [6, 6.07) is 14.7. The molecule has 0 amide bonds. The van der Waals surface area contributed by atoms with Gasteiger partial charge in [-0.25, -0.2) is 0 Å². The number of nitrogens with zero attached hydrogens (tertiary/aromatic N) is 2. The van der Waals surface area contributed by atoms with Gasteiger partial charge in [-0.15, -0.1) is 0 Å². The quantitative estimate of drug-likeness (QED) is 0.570. The zero-order valence-corrected chi connectivity index (χ0v) is 9.86. The van der Waals surface area contributed by atoms with Gasteiger partial charge >= 0.3 is 0 Å². The molecule has 0 spiro atoms. The minimum absolute atomic E-state index is 0.749. The van der Waals surface area contributed by atoms with Crippen molar-refractivity contribution in [1.29, 1.82) is 5.26 Å². The van der Waals surface area contributed by atoms with Crippen LogP contribution in [0, 0.1) is 18.3 Å². The van der Waals surface area contributed by atoms with E-state index in [0.29, 0.717) is 0 Å². The highest BCUT2D eigenvalue weighted by Gasteiger charge is 2.11. The van der Waals surface area contributed by atoms with E-state index in [4.69, 9.17) is 0 Å². The zero-order chi connectivity index (χ0) is 12.0. The summed E-state index contributed by atoms with van der Waals surface area (Å²) < 4.78 is 2.10. The molecule has 3 aromatic rings. The maximum absolute atomic E-state index is 9.25. The van der Waals surface area contributed by atoms with E-state index in [1.807, 2.05) is 32.2 Å². The van der Waals surface area contributed by atoms with Crippen LogP contribution in [-0.2, 0) is 7.05 Å². The van der Waals surface area contributed by atoms with Crippen LogP contribution in [0.1, 0.15) is 11.1 Å². The summed E-state index contributed by atoms with van der Waals surface area (Å²) in [5.41, 5.74) is 4.08. The molecule has 3 rings (SSSR count). The predicted molar refractivity (Wildman–Crippen MR) is 69.9 cm³/mol. The third kappa shape index (κ3) is 1.26. The second-order valence-corrected chi connectivity index (χ2v) is 4.40. The molecule has 2 heteroatoms. The zero-order valence-electron chi connectivity index (χ0n) is 9.86. The van der Waals surface area contributed by atoms with E-state index in [1.165, 1.54) is 16.3 Å². The summed E-state index contributed by atoms with van der Waals surface area (Å²) in [6.45, 7) is 2.03. The smallest absolute Gasteiger partial charge is 0.101 e. The van der Waals surface area contributed by atoms with E-state index in [-0.39, 0.29) is 0 Å². The van der Waals surface area contributed by atoms with Crippen molar-refractivity contribution in [2.45, 2.75) is 6.92 Å². The first-order valence-electron chi connectivity index (χ1n) is 5.60. The normalized spacial score (nSPS) is 10.9. The number of para-hydroxylation sites is 1. The Labute approximate surface area is 99.7 Å². The summed E-state index contributed by atoms with van der Waals surface area (Å²) in [7, 11) is 2.01. The molecule has 1 aromatic heterocycles. The number of fused-ring (bicyclic) bond motifs is 3. The Morgan fingerprint density at radius 1 is 1.12 bits per heavy atom. The van der Waals surface area contributed by atoms with Gasteiger partial charge in [0.2, 0.25) is 0 Å². The molecule has 17 heavy (non-hydrogen) atoms. The van der Waals surface area contributed by atoms with E-state index in [0.717, 1.165) is 16.6 Å². The highest BCUT2D eigenvalue weighted by molar-refractivity contribution is 6.09. The third-order valence-corrected chi connectivity index (χ3v) is 3.27. The second-order valence-electron chi connectivity index (χ2n) is 4.40. The van der Waals surface area contributed by atoms with Gasteiger partial charge in [-0.1, -0.05) is 18.2 Å². The van der Waals surface area contributed by atoms with Gasteiger partial charge in [-0.05, 0) is 30.7 Å². The average Bonchev–Trinajstić information content (AvgIpc) is 2.63. The molecule has 0 aliphatic rings. The molecule has 0 N–H and O–H groups in total. The summed E-state index contributed by atoms with van der Waals surface area (Å²) >= 11 is 0. The molecule has 1 heterocycles. The monoisotopic (exact) mass is 220 g/mol. The van der Waals surface area contributed by atoms with E-state index >= 15 is 0 Å². The predicted octanol–water partition coefficient (Wildman–Crippen LogP) is 3.51. The summed E-state index contributed by atoms with van der Waals surface area (Å²) in [5.74, 6) is 0. The SMILES string of the molecule is Cc1cc(C#N)c2c(c1)c1ccccc1n2C. The van der Waals surface area contributed by atoms with Crippen molar-refractivity contribution < 1.29 is 0 Å². The largest absolute Gasteiger partial charge is 0.343 e. The fourth-order valence-corrected chi connectivity index (χ4v) is 2.55. The molecule has 0 aliphatic heterocycles. The molecule has 0 saturated carbocycles. The number of benzene rings is 2. The third-order valence-electron chi connectivity index (χ3n) is 3.27. The summed E-state index contributed by atoms with van der Waals surface area (Å²) in [6.07, 6.45) is 0. The molecule has 0 bridgehead atoms.